The summed E-state index contributed by atoms with van der Waals surface area (Å²) in [5, 5.41) is 6.29. The van der Waals surface area contributed by atoms with Crippen molar-refractivity contribution < 1.29 is 9.59 Å². The Morgan fingerprint density at radius 2 is 1.80 bits per heavy atom. The summed E-state index contributed by atoms with van der Waals surface area (Å²) in [4.78, 5) is 47.3. The molecule has 1 saturated carbocycles. The Bertz CT molecular complexity index is 1570. The number of amides is 2. The number of anilines is 1. The molecule has 2 aromatic carbocycles. The smallest absolute Gasteiger partial charge is 0.330 e. The fraction of sp³-hybridized carbons (Fsp3) is 0.323. The second-order valence-electron chi connectivity index (χ2n) is 10.7. The van der Waals surface area contributed by atoms with Crippen LogP contribution in [0.4, 0.5) is 5.69 Å². The minimum atomic E-state index is -0.935. The molecule has 0 unspecified atom stereocenters. The van der Waals surface area contributed by atoms with E-state index in [9.17, 15) is 14.4 Å². The third kappa shape index (κ3) is 6.34. The molecule has 1 fully saturated rings. The number of aromatic nitrogens is 4. The van der Waals surface area contributed by atoms with Crippen LogP contribution >= 0.6 is 0 Å². The lowest BCUT2D eigenvalue weighted by Crippen LogP contribution is -2.50. The van der Waals surface area contributed by atoms with Crippen molar-refractivity contribution in [1.82, 2.24) is 20.2 Å². The lowest BCUT2D eigenvalue weighted by Gasteiger charge is -2.32. The van der Waals surface area contributed by atoms with Crippen molar-refractivity contribution in [2.45, 2.75) is 45.1 Å². The van der Waals surface area contributed by atoms with Crippen molar-refractivity contribution >= 4 is 17.5 Å². The van der Waals surface area contributed by atoms with E-state index in [1.54, 1.807) is 30.5 Å². The number of carbonyl (C=O) groups is 2. The van der Waals surface area contributed by atoms with E-state index in [1.807, 2.05) is 43.5 Å². The van der Waals surface area contributed by atoms with Gasteiger partial charge in [-0.05, 0) is 104 Å². The number of hydrogen-bond acceptors (Lipinski definition) is 7. The van der Waals surface area contributed by atoms with Crippen molar-refractivity contribution in [2.24, 2.45) is 23.3 Å². The molecule has 1 atom stereocenters. The van der Waals surface area contributed by atoms with Gasteiger partial charge in [0.2, 0.25) is 5.91 Å². The molecule has 2 aromatic heterocycles. The van der Waals surface area contributed by atoms with Crippen LogP contribution in [0.3, 0.4) is 0 Å². The van der Waals surface area contributed by atoms with Crippen LogP contribution in [0.1, 0.15) is 36.8 Å². The van der Waals surface area contributed by atoms with Gasteiger partial charge >= 0.3 is 5.69 Å². The quantitative estimate of drug-likeness (QED) is 0.260. The van der Waals surface area contributed by atoms with Gasteiger partial charge in [0.15, 0.2) is 5.82 Å². The lowest BCUT2D eigenvalue weighted by molar-refractivity contribution is -0.130. The highest BCUT2D eigenvalue weighted by atomic mass is 16.2. The molecule has 41 heavy (non-hydrogen) atoms. The Hall–Kier alpha value is -4.41. The van der Waals surface area contributed by atoms with Gasteiger partial charge in [0.25, 0.3) is 5.91 Å². The Balaban J connectivity index is 1.40. The van der Waals surface area contributed by atoms with E-state index in [1.165, 1.54) is 4.90 Å². The standard InChI is InChI=1S/C31H35N7O3/c1-19-18-34-14-13-26(19)24-4-2-3-21(15-24)16-27(33)30(40)38(29(39)23-7-5-20(17-32)6-8-23)25-11-9-22(10-12-25)28-35-31(41)37-36-28/h2-4,9-15,18,20,23,27H,5-8,16-17,32-33H2,1H3,(H2,35,36,37,41)/t20?,23?,27-/m0/s1. The highest BCUT2D eigenvalue weighted by Gasteiger charge is 2.35. The number of imide groups is 1. The third-order valence-electron chi connectivity index (χ3n) is 7.90. The molecule has 4 aromatic rings. The molecule has 0 aliphatic heterocycles. The molecule has 0 spiro atoms. The monoisotopic (exact) mass is 553 g/mol. The molecule has 2 heterocycles. The summed E-state index contributed by atoms with van der Waals surface area (Å²) in [5.74, 6) is -0.219. The maximum atomic E-state index is 13.9. The summed E-state index contributed by atoms with van der Waals surface area (Å²) < 4.78 is 0. The average molecular weight is 554 g/mol. The molecular weight excluding hydrogens is 518 g/mol. The van der Waals surface area contributed by atoms with Gasteiger partial charge in [-0.25, -0.2) is 14.8 Å². The van der Waals surface area contributed by atoms with Gasteiger partial charge in [-0.1, -0.05) is 24.3 Å². The van der Waals surface area contributed by atoms with Crippen molar-refractivity contribution in [3.63, 3.8) is 0 Å². The highest BCUT2D eigenvalue weighted by Crippen LogP contribution is 2.32. The predicted octanol–water partition coefficient (Wildman–Crippen LogP) is 3.33. The molecule has 5 rings (SSSR count). The van der Waals surface area contributed by atoms with Crippen molar-refractivity contribution in [2.75, 3.05) is 11.4 Å². The van der Waals surface area contributed by atoms with Crippen LogP contribution in [-0.2, 0) is 16.0 Å². The van der Waals surface area contributed by atoms with Crippen LogP contribution in [0.5, 0.6) is 0 Å². The fourth-order valence-corrected chi connectivity index (χ4v) is 5.54. The van der Waals surface area contributed by atoms with Crippen molar-refractivity contribution in [3.05, 3.63) is 88.6 Å². The predicted molar refractivity (Wildman–Crippen MR) is 158 cm³/mol. The number of benzene rings is 2. The Labute approximate surface area is 238 Å². The summed E-state index contributed by atoms with van der Waals surface area (Å²) in [5.41, 5.74) is 17.0. The van der Waals surface area contributed by atoms with E-state index in [0.717, 1.165) is 35.1 Å². The van der Waals surface area contributed by atoms with E-state index in [-0.39, 0.29) is 18.2 Å². The third-order valence-corrected chi connectivity index (χ3v) is 7.90. The fourth-order valence-electron chi connectivity index (χ4n) is 5.54. The van der Waals surface area contributed by atoms with E-state index >= 15 is 0 Å². The van der Waals surface area contributed by atoms with Crippen molar-refractivity contribution in [1.29, 1.82) is 0 Å². The van der Waals surface area contributed by atoms with Crippen LogP contribution < -0.4 is 22.1 Å². The Morgan fingerprint density at radius 3 is 2.46 bits per heavy atom. The maximum Gasteiger partial charge on any atom is 0.340 e. The van der Waals surface area contributed by atoms with E-state index in [4.69, 9.17) is 11.5 Å². The molecular formula is C31H35N7O3. The average Bonchev–Trinajstić information content (AvgIpc) is 3.44. The molecule has 6 N–H and O–H groups in total. The number of pyridine rings is 1. The number of rotatable bonds is 8. The van der Waals surface area contributed by atoms with Gasteiger partial charge in [-0.2, -0.15) is 5.10 Å². The summed E-state index contributed by atoms with van der Waals surface area (Å²) in [6.07, 6.45) is 6.91. The summed E-state index contributed by atoms with van der Waals surface area (Å²) in [6, 6.07) is 15.7. The maximum absolute atomic E-state index is 13.9. The Morgan fingerprint density at radius 1 is 1.05 bits per heavy atom. The van der Waals surface area contributed by atoms with Crippen LogP contribution in [0.2, 0.25) is 0 Å². The molecule has 1 aliphatic carbocycles. The SMILES string of the molecule is Cc1cnccc1-c1cccc(C[C@H](N)C(=O)N(C(=O)C2CCC(CN)CC2)c2ccc(-c3n[nH]c(=O)[nH]3)cc2)c1. The van der Waals surface area contributed by atoms with Crippen LogP contribution in [0.25, 0.3) is 22.5 Å². The van der Waals surface area contributed by atoms with E-state index in [2.05, 4.69) is 20.2 Å². The summed E-state index contributed by atoms with van der Waals surface area (Å²) in [7, 11) is 0. The van der Waals surface area contributed by atoms with Crippen molar-refractivity contribution in [3.8, 4) is 22.5 Å². The lowest BCUT2D eigenvalue weighted by atomic mass is 9.81. The number of aryl methyl sites for hydroxylation is 1. The molecule has 0 radical (unpaired) electrons. The minimum Gasteiger partial charge on any atom is -0.330 e. The summed E-state index contributed by atoms with van der Waals surface area (Å²) >= 11 is 0. The number of carbonyl (C=O) groups excluding carboxylic acids is 2. The van der Waals surface area contributed by atoms with Gasteiger partial charge < -0.3 is 11.5 Å². The Kier molecular flexibility index (Phi) is 8.51. The number of hydrogen-bond donors (Lipinski definition) is 4. The normalized spacial score (nSPS) is 17.6. The first-order valence-corrected chi connectivity index (χ1v) is 13.9. The molecule has 2 amide bonds. The zero-order valence-electron chi connectivity index (χ0n) is 23.0. The van der Waals surface area contributed by atoms with Gasteiger partial charge in [-0.15, -0.1) is 0 Å². The zero-order chi connectivity index (χ0) is 28.9. The largest absolute Gasteiger partial charge is 0.340 e. The molecule has 0 saturated heterocycles. The molecule has 10 nitrogen and oxygen atoms in total. The molecule has 0 bridgehead atoms. The highest BCUT2D eigenvalue weighted by molar-refractivity contribution is 6.17. The second-order valence-corrected chi connectivity index (χ2v) is 10.7. The molecule has 10 heteroatoms. The number of nitrogens with zero attached hydrogens (tertiary/aromatic N) is 3. The van der Waals surface area contributed by atoms with E-state index in [0.29, 0.717) is 42.4 Å². The number of nitrogens with one attached hydrogen (secondary N) is 2. The molecule has 1 aliphatic rings. The van der Waals surface area contributed by atoms with Gasteiger partial charge in [0.1, 0.15) is 0 Å². The van der Waals surface area contributed by atoms with Crippen LogP contribution in [0.15, 0.2) is 71.8 Å². The molecule has 212 valence electrons. The zero-order valence-corrected chi connectivity index (χ0v) is 23.0. The van der Waals surface area contributed by atoms with Crippen LogP contribution in [-0.4, -0.2) is 44.6 Å². The number of nitrogens with two attached hydrogens (primary N) is 2. The second kappa shape index (κ2) is 12.4. The van der Waals surface area contributed by atoms with Gasteiger partial charge in [0.05, 0.1) is 11.7 Å². The first-order chi connectivity index (χ1) is 19.8. The van der Waals surface area contributed by atoms with Gasteiger partial charge in [0, 0.05) is 23.9 Å². The van der Waals surface area contributed by atoms with Crippen LogP contribution in [0, 0.1) is 18.8 Å². The topological polar surface area (TPSA) is 164 Å². The first kappa shape index (κ1) is 28.1. The minimum absolute atomic E-state index is 0.247. The first-order valence-electron chi connectivity index (χ1n) is 13.9. The summed E-state index contributed by atoms with van der Waals surface area (Å²) in [6.45, 7) is 2.60. The number of aromatic amines is 2. The van der Waals surface area contributed by atoms with E-state index < -0.39 is 17.6 Å². The van der Waals surface area contributed by atoms with Gasteiger partial charge in [-0.3, -0.25) is 19.6 Å². The number of H-pyrrole nitrogens is 2.